The van der Waals surface area contributed by atoms with Crippen LogP contribution >= 0.6 is 15.9 Å². The van der Waals surface area contributed by atoms with Gasteiger partial charge in [-0.3, -0.25) is 4.79 Å². The molecule has 0 bridgehead atoms. The highest BCUT2D eigenvalue weighted by Gasteiger charge is 2.13. The van der Waals surface area contributed by atoms with Crippen molar-refractivity contribution in [3.8, 4) is 11.5 Å². The molecule has 2 aromatic carbocycles. The molecule has 0 radical (unpaired) electrons. The minimum atomic E-state index is -0.233. The molecule has 0 saturated carbocycles. The van der Waals surface area contributed by atoms with Gasteiger partial charge in [-0.1, -0.05) is 33.6 Å². The van der Waals surface area contributed by atoms with Crippen LogP contribution in [0.4, 0.5) is 5.69 Å². The number of hydrogen-bond acceptors (Lipinski definition) is 6. The summed E-state index contributed by atoms with van der Waals surface area (Å²) in [5.41, 5.74) is 2.91. The van der Waals surface area contributed by atoms with E-state index in [2.05, 4.69) is 31.9 Å². The van der Waals surface area contributed by atoms with Crippen LogP contribution in [0.25, 0.3) is 0 Å². The molecule has 0 aromatic heterocycles. The number of aliphatic hydroxyl groups is 1. The summed E-state index contributed by atoms with van der Waals surface area (Å²) in [5, 5.41) is 18.1. The van der Waals surface area contributed by atoms with Crippen LogP contribution in [0.1, 0.15) is 24.5 Å². The second-order valence-electron chi connectivity index (χ2n) is 7.03. The number of benzene rings is 2. The molecule has 0 unspecified atom stereocenters. The molecule has 2 rings (SSSR count). The number of aryl methyl sites for hydroxylation is 1. The third-order valence-corrected chi connectivity index (χ3v) is 5.16. The Labute approximate surface area is 192 Å². The first-order chi connectivity index (χ1) is 15.0. The van der Waals surface area contributed by atoms with Crippen molar-refractivity contribution in [3.63, 3.8) is 0 Å². The van der Waals surface area contributed by atoms with E-state index in [9.17, 15) is 4.79 Å². The molecule has 7 nitrogen and oxygen atoms in total. The summed E-state index contributed by atoms with van der Waals surface area (Å²) in [4.78, 5) is 12.2. The molecule has 4 N–H and O–H groups in total. The molecule has 8 heteroatoms. The average Bonchev–Trinajstić information content (AvgIpc) is 2.75. The molecule has 0 saturated heterocycles. The van der Waals surface area contributed by atoms with Gasteiger partial charge in [-0.25, -0.2) is 0 Å². The number of amides is 1. The quantitative estimate of drug-likeness (QED) is 0.302. The smallest absolute Gasteiger partial charge is 0.262 e. The Morgan fingerprint density at radius 3 is 2.45 bits per heavy atom. The number of carbonyl (C=O) groups is 1. The van der Waals surface area contributed by atoms with Crippen molar-refractivity contribution in [1.29, 1.82) is 0 Å². The van der Waals surface area contributed by atoms with E-state index in [0.29, 0.717) is 31.2 Å². The van der Waals surface area contributed by atoms with E-state index in [0.717, 1.165) is 40.8 Å². The van der Waals surface area contributed by atoms with Crippen molar-refractivity contribution in [2.24, 2.45) is 0 Å². The minimum absolute atomic E-state index is 0.112. The van der Waals surface area contributed by atoms with Gasteiger partial charge in [0.2, 0.25) is 0 Å². The Balaban J connectivity index is 1.89. The predicted molar refractivity (Wildman–Crippen MR) is 127 cm³/mol. The summed E-state index contributed by atoms with van der Waals surface area (Å²) in [6, 6.07) is 11.4. The molecule has 0 atom stereocenters. The molecule has 0 fully saturated rings. The topological polar surface area (TPSA) is 91.8 Å². The molecule has 0 heterocycles. The number of hydrogen-bond donors (Lipinski definition) is 4. The SMILES string of the molecule is CCOc1cc(CNCCCNCCO)c(Br)cc1OCC(=O)Nc1ccc(C)cc1. The minimum Gasteiger partial charge on any atom is -0.490 e. The molecule has 170 valence electrons. The van der Waals surface area contributed by atoms with E-state index in [-0.39, 0.29) is 19.1 Å². The molecule has 0 spiro atoms. The van der Waals surface area contributed by atoms with Crippen LogP contribution in [0.15, 0.2) is 40.9 Å². The number of anilines is 1. The maximum absolute atomic E-state index is 12.2. The zero-order chi connectivity index (χ0) is 22.5. The van der Waals surface area contributed by atoms with Crippen LogP contribution in [-0.2, 0) is 11.3 Å². The van der Waals surface area contributed by atoms with Gasteiger partial charge in [0.25, 0.3) is 5.91 Å². The lowest BCUT2D eigenvalue weighted by atomic mass is 10.2. The van der Waals surface area contributed by atoms with E-state index >= 15 is 0 Å². The number of aliphatic hydroxyl groups excluding tert-OH is 1. The zero-order valence-corrected chi connectivity index (χ0v) is 19.8. The molecular weight excluding hydrogens is 462 g/mol. The maximum atomic E-state index is 12.2. The van der Waals surface area contributed by atoms with Crippen molar-refractivity contribution in [3.05, 3.63) is 52.0 Å². The Hall–Kier alpha value is -2.13. The molecule has 0 aliphatic heterocycles. The number of halogens is 1. The molecule has 31 heavy (non-hydrogen) atoms. The number of nitrogens with one attached hydrogen (secondary N) is 3. The Morgan fingerprint density at radius 1 is 1.03 bits per heavy atom. The van der Waals surface area contributed by atoms with Gasteiger partial charge in [0.15, 0.2) is 18.1 Å². The predicted octanol–water partition coefficient (Wildman–Crippen LogP) is 3.24. The first kappa shape index (κ1) is 25.1. The fourth-order valence-corrected chi connectivity index (χ4v) is 3.30. The van der Waals surface area contributed by atoms with Crippen LogP contribution in [0, 0.1) is 6.92 Å². The first-order valence-corrected chi connectivity index (χ1v) is 11.3. The highest BCUT2D eigenvalue weighted by Crippen LogP contribution is 2.34. The number of rotatable bonds is 14. The average molecular weight is 494 g/mol. The van der Waals surface area contributed by atoms with Gasteiger partial charge in [0.05, 0.1) is 13.2 Å². The summed E-state index contributed by atoms with van der Waals surface area (Å²) >= 11 is 3.59. The summed E-state index contributed by atoms with van der Waals surface area (Å²) in [7, 11) is 0. The highest BCUT2D eigenvalue weighted by atomic mass is 79.9. The van der Waals surface area contributed by atoms with Crippen LogP contribution in [-0.4, -0.2) is 50.5 Å². The van der Waals surface area contributed by atoms with Crippen LogP contribution in [0.2, 0.25) is 0 Å². The number of ether oxygens (including phenoxy) is 2. The third kappa shape index (κ3) is 9.26. The Kier molecular flexibility index (Phi) is 11.4. The van der Waals surface area contributed by atoms with Crippen molar-refractivity contribution in [2.45, 2.75) is 26.8 Å². The molecular formula is C23H32BrN3O4. The lowest BCUT2D eigenvalue weighted by Gasteiger charge is -2.15. The van der Waals surface area contributed by atoms with Crippen molar-refractivity contribution in [1.82, 2.24) is 10.6 Å². The summed E-state index contributed by atoms with van der Waals surface area (Å²) in [5.74, 6) is 0.892. The Morgan fingerprint density at radius 2 is 1.74 bits per heavy atom. The van der Waals surface area contributed by atoms with Gasteiger partial charge >= 0.3 is 0 Å². The highest BCUT2D eigenvalue weighted by molar-refractivity contribution is 9.10. The molecule has 2 aromatic rings. The largest absolute Gasteiger partial charge is 0.490 e. The van der Waals surface area contributed by atoms with E-state index in [1.165, 1.54) is 0 Å². The van der Waals surface area contributed by atoms with Crippen LogP contribution < -0.4 is 25.4 Å². The van der Waals surface area contributed by atoms with E-state index in [1.54, 1.807) is 0 Å². The monoisotopic (exact) mass is 493 g/mol. The van der Waals surface area contributed by atoms with E-state index < -0.39 is 0 Å². The lowest BCUT2D eigenvalue weighted by molar-refractivity contribution is -0.118. The standard InChI is InChI=1S/C23H32BrN3O4/c1-3-30-21-13-18(15-26-10-4-9-25-11-12-28)20(24)14-22(21)31-16-23(29)27-19-7-5-17(2)6-8-19/h5-8,13-14,25-26,28H,3-4,9-12,15-16H2,1-2H3,(H,27,29). The van der Waals surface area contributed by atoms with Crippen LogP contribution in [0.5, 0.6) is 11.5 Å². The normalized spacial score (nSPS) is 10.7. The molecule has 1 amide bonds. The second kappa shape index (κ2) is 14.0. The number of carbonyl (C=O) groups excluding carboxylic acids is 1. The fourth-order valence-electron chi connectivity index (χ4n) is 2.84. The van der Waals surface area contributed by atoms with Crippen molar-refractivity contribution < 1.29 is 19.4 Å². The van der Waals surface area contributed by atoms with Gasteiger partial charge in [-0.2, -0.15) is 0 Å². The second-order valence-corrected chi connectivity index (χ2v) is 7.88. The zero-order valence-electron chi connectivity index (χ0n) is 18.2. The first-order valence-electron chi connectivity index (χ1n) is 10.5. The van der Waals surface area contributed by atoms with Gasteiger partial charge in [-0.15, -0.1) is 0 Å². The maximum Gasteiger partial charge on any atom is 0.262 e. The lowest BCUT2D eigenvalue weighted by Crippen LogP contribution is -2.24. The van der Waals surface area contributed by atoms with E-state index in [4.69, 9.17) is 14.6 Å². The molecule has 0 aliphatic rings. The van der Waals surface area contributed by atoms with E-state index in [1.807, 2.05) is 50.2 Å². The van der Waals surface area contributed by atoms with Gasteiger partial charge in [-0.05, 0) is 63.2 Å². The Bertz CT molecular complexity index is 815. The van der Waals surface area contributed by atoms with Crippen molar-refractivity contribution in [2.75, 3.05) is 44.8 Å². The van der Waals surface area contributed by atoms with Crippen molar-refractivity contribution >= 4 is 27.5 Å². The summed E-state index contributed by atoms with van der Waals surface area (Å²) in [6.45, 7) is 7.45. The summed E-state index contributed by atoms with van der Waals surface area (Å²) < 4.78 is 12.4. The fraction of sp³-hybridized carbons (Fsp3) is 0.435. The van der Waals surface area contributed by atoms with Gasteiger partial charge < -0.3 is 30.5 Å². The van der Waals surface area contributed by atoms with Crippen LogP contribution in [0.3, 0.4) is 0 Å². The van der Waals surface area contributed by atoms with Gasteiger partial charge in [0.1, 0.15) is 0 Å². The summed E-state index contributed by atoms with van der Waals surface area (Å²) in [6.07, 6.45) is 0.966. The van der Waals surface area contributed by atoms with Gasteiger partial charge in [0, 0.05) is 23.2 Å². The third-order valence-electron chi connectivity index (χ3n) is 4.42. The molecule has 0 aliphatic carbocycles.